The molecule has 0 unspecified atom stereocenters. The Morgan fingerprint density at radius 3 is 2.63 bits per heavy atom. The zero-order valence-corrected chi connectivity index (χ0v) is 11.3. The molecule has 1 aliphatic heterocycles. The highest BCUT2D eigenvalue weighted by Gasteiger charge is 2.16. The van der Waals surface area contributed by atoms with Crippen LogP contribution < -0.4 is 16.0 Å². The lowest BCUT2D eigenvalue weighted by molar-refractivity contribution is -0.121. The Morgan fingerprint density at radius 2 is 2.00 bits per heavy atom. The van der Waals surface area contributed by atoms with E-state index in [2.05, 4.69) is 5.32 Å². The molecule has 0 radical (unpaired) electrons. The first-order valence-corrected chi connectivity index (χ1v) is 6.59. The molecule has 19 heavy (non-hydrogen) atoms. The van der Waals surface area contributed by atoms with Crippen LogP contribution in [0.25, 0.3) is 0 Å². The fourth-order valence-corrected chi connectivity index (χ4v) is 2.15. The highest BCUT2D eigenvalue weighted by atomic mass is 16.5. The van der Waals surface area contributed by atoms with Crippen molar-refractivity contribution in [3.05, 3.63) is 24.3 Å². The van der Waals surface area contributed by atoms with Crippen LogP contribution in [0, 0.1) is 0 Å². The Morgan fingerprint density at radius 1 is 1.37 bits per heavy atom. The zero-order chi connectivity index (χ0) is 13.7. The van der Waals surface area contributed by atoms with Crippen molar-refractivity contribution in [3.63, 3.8) is 0 Å². The Hall–Kier alpha value is -1.75. The average Bonchev–Trinajstić information content (AvgIpc) is 2.40. The molecule has 0 saturated carbocycles. The summed E-state index contributed by atoms with van der Waals surface area (Å²) >= 11 is 0. The molecule has 1 amide bonds. The summed E-state index contributed by atoms with van der Waals surface area (Å²) in [6.07, 6.45) is 1.80. The second-order valence-corrected chi connectivity index (χ2v) is 4.90. The van der Waals surface area contributed by atoms with Crippen molar-refractivity contribution in [2.45, 2.75) is 18.9 Å². The van der Waals surface area contributed by atoms with Gasteiger partial charge in [0.25, 0.3) is 0 Å². The highest BCUT2D eigenvalue weighted by Crippen LogP contribution is 2.14. The first kappa shape index (κ1) is 13.7. The summed E-state index contributed by atoms with van der Waals surface area (Å²) in [5.41, 5.74) is 7.35. The van der Waals surface area contributed by atoms with Crippen LogP contribution in [0.5, 0.6) is 0 Å². The Bertz CT molecular complexity index is 413. The SMILES string of the molecule is CN(CC(=O)NC1CCOCC1)c1ccc(N)cc1. The third kappa shape index (κ3) is 4.13. The van der Waals surface area contributed by atoms with Gasteiger partial charge < -0.3 is 20.7 Å². The largest absolute Gasteiger partial charge is 0.399 e. The van der Waals surface area contributed by atoms with Gasteiger partial charge in [0, 0.05) is 37.7 Å². The second-order valence-electron chi connectivity index (χ2n) is 4.90. The van der Waals surface area contributed by atoms with E-state index in [-0.39, 0.29) is 11.9 Å². The Labute approximate surface area is 113 Å². The molecular formula is C14H21N3O2. The summed E-state index contributed by atoms with van der Waals surface area (Å²) < 4.78 is 5.27. The summed E-state index contributed by atoms with van der Waals surface area (Å²) in [4.78, 5) is 13.9. The number of hydrogen-bond donors (Lipinski definition) is 2. The molecule has 104 valence electrons. The van der Waals surface area contributed by atoms with E-state index in [0.717, 1.165) is 37.4 Å². The van der Waals surface area contributed by atoms with E-state index >= 15 is 0 Å². The van der Waals surface area contributed by atoms with Crippen LogP contribution in [0.2, 0.25) is 0 Å². The van der Waals surface area contributed by atoms with E-state index in [4.69, 9.17) is 10.5 Å². The topological polar surface area (TPSA) is 67.6 Å². The van der Waals surface area contributed by atoms with E-state index in [1.54, 1.807) is 0 Å². The van der Waals surface area contributed by atoms with Crippen LogP contribution in [-0.4, -0.2) is 38.8 Å². The number of nitrogens with zero attached hydrogens (tertiary/aromatic N) is 1. The lowest BCUT2D eigenvalue weighted by Gasteiger charge is -2.25. The number of nitrogens with one attached hydrogen (secondary N) is 1. The number of rotatable bonds is 4. The molecule has 5 nitrogen and oxygen atoms in total. The first-order valence-electron chi connectivity index (χ1n) is 6.59. The van der Waals surface area contributed by atoms with Gasteiger partial charge in [0.05, 0.1) is 6.54 Å². The maximum absolute atomic E-state index is 11.9. The summed E-state index contributed by atoms with van der Waals surface area (Å²) in [5, 5.41) is 3.05. The number of hydrogen-bond acceptors (Lipinski definition) is 4. The Kier molecular flexibility index (Phi) is 4.63. The van der Waals surface area contributed by atoms with Gasteiger partial charge in [-0.15, -0.1) is 0 Å². The third-order valence-corrected chi connectivity index (χ3v) is 3.30. The highest BCUT2D eigenvalue weighted by molar-refractivity contribution is 5.81. The fraction of sp³-hybridized carbons (Fsp3) is 0.500. The number of carbonyl (C=O) groups is 1. The molecule has 1 saturated heterocycles. The molecule has 2 rings (SSSR count). The van der Waals surface area contributed by atoms with Crippen molar-refractivity contribution in [1.29, 1.82) is 0 Å². The van der Waals surface area contributed by atoms with Crippen LogP contribution in [0.4, 0.5) is 11.4 Å². The van der Waals surface area contributed by atoms with Gasteiger partial charge >= 0.3 is 0 Å². The minimum absolute atomic E-state index is 0.0474. The van der Waals surface area contributed by atoms with Crippen LogP contribution in [-0.2, 0) is 9.53 Å². The van der Waals surface area contributed by atoms with Crippen LogP contribution in [0.15, 0.2) is 24.3 Å². The van der Waals surface area contributed by atoms with Crippen molar-refractivity contribution >= 4 is 17.3 Å². The zero-order valence-electron chi connectivity index (χ0n) is 11.3. The maximum atomic E-state index is 11.9. The monoisotopic (exact) mass is 263 g/mol. The molecule has 1 heterocycles. The number of amides is 1. The average molecular weight is 263 g/mol. The molecule has 3 N–H and O–H groups in total. The van der Waals surface area contributed by atoms with Crippen molar-refractivity contribution in [3.8, 4) is 0 Å². The van der Waals surface area contributed by atoms with Crippen LogP contribution in [0.3, 0.4) is 0 Å². The number of ether oxygens (including phenoxy) is 1. The van der Waals surface area contributed by atoms with Gasteiger partial charge in [0.2, 0.25) is 5.91 Å². The first-order chi connectivity index (χ1) is 9.15. The second kappa shape index (κ2) is 6.43. The number of anilines is 2. The molecule has 1 fully saturated rings. The predicted molar refractivity (Wildman–Crippen MR) is 76.1 cm³/mol. The molecular weight excluding hydrogens is 242 g/mol. The molecule has 0 atom stereocenters. The van der Waals surface area contributed by atoms with Gasteiger partial charge in [0.1, 0.15) is 0 Å². The quantitative estimate of drug-likeness (QED) is 0.795. The van der Waals surface area contributed by atoms with Crippen molar-refractivity contribution in [2.24, 2.45) is 0 Å². The van der Waals surface area contributed by atoms with Crippen molar-refractivity contribution in [1.82, 2.24) is 5.32 Å². The van der Waals surface area contributed by atoms with Gasteiger partial charge in [-0.25, -0.2) is 0 Å². The summed E-state index contributed by atoms with van der Waals surface area (Å²) in [7, 11) is 1.90. The van der Waals surface area contributed by atoms with Crippen molar-refractivity contribution in [2.75, 3.05) is 37.4 Å². The fourth-order valence-electron chi connectivity index (χ4n) is 2.15. The lowest BCUT2D eigenvalue weighted by atomic mass is 10.1. The number of nitrogen functional groups attached to an aromatic ring is 1. The smallest absolute Gasteiger partial charge is 0.239 e. The number of carbonyl (C=O) groups excluding carboxylic acids is 1. The summed E-state index contributed by atoms with van der Waals surface area (Å²) in [6, 6.07) is 7.75. The number of likely N-dealkylation sites (N-methyl/N-ethyl adjacent to an activating group) is 1. The van der Waals surface area contributed by atoms with Gasteiger partial charge in [-0.1, -0.05) is 0 Å². The van der Waals surface area contributed by atoms with Crippen LogP contribution >= 0.6 is 0 Å². The predicted octanol–water partition coefficient (Wildman–Crippen LogP) is 1.00. The molecule has 0 aromatic heterocycles. The van der Waals surface area contributed by atoms with E-state index in [9.17, 15) is 4.79 Å². The standard InChI is InChI=1S/C14H21N3O2/c1-17(13-4-2-11(15)3-5-13)10-14(18)16-12-6-8-19-9-7-12/h2-5,12H,6-10,15H2,1H3,(H,16,18). The minimum atomic E-state index is 0.0474. The van der Waals surface area contributed by atoms with Crippen molar-refractivity contribution < 1.29 is 9.53 Å². The van der Waals surface area contributed by atoms with Crippen LogP contribution in [0.1, 0.15) is 12.8 Å². The van der Waals surface area contributed by atoms with Gasteiger partial charge in [-0.2, -0.15) is 0 Å². The summed E-state index contributed by atoms with van der Waals surface area (Å²) in [6.45, 7) is 1.82. The molecule has 0 spiro atoms. The van der Waals surface area contributed by atoms with E-state index in [0.29, 0.717) is 6.54 Å². The maximum Gasteiger partial charge on any atom is 0.239 e. The molecule has 0 aliphatic carbocycles. The third-order valence-electron chi connectivity index (χ3n) is 3.30. The molecule has 1 aromatic rings. The Balaban J connectivity index is 1.82. The van der Waals surface area contributed by atoms with E-state index in [1.807, 2.05) is 36.2 Å². The molecule has 5 heteroatoms. The van der Waals surface area contributed by atoms with Gasteiger partial charge in [-0.05, 0) is 37.1 Å². The minimum Gasteiger partial charge on any atom is -0.399 e. The summed E-state index contributed by atoms with van der Waals surface area (Å²) in [5.74, 6) is 0.0474. The normalized spacial score (nSPS) is 16.1. The molecule has 1 aliphatic rings. The molecule has 1 aromatic carbocycles. The lowest BCUT2D eigenvalue weighted by Crippen LogP contribution is -2.43. The van der Waals surface area contributed by atoms with E-state index < -0.39 is 0 Å². The molecule has 0 bridgehead atoms. The van der Waals surface area contributed by atoms with Gasteiger partial charge in [0.15, 0.2) is 0 Å². The van der Waals surface area contributed by atoms with Gasteiger partial charge in [-0.3, -0.25) is 4.79 Å². The number of nitrogens with two attached hydrogens (primary N) is 1. The van der Waals surface area contributed by atoms with E-state index in [1.165, 1.54) is 0 Å². The number of benzene rings is 1.